The lowest BCUT2D eigenvalue weighted by atomic mass is 9.98. The maximum absolute atomic E-state index is 5.44. The first-order valence-corrected chi connectivity index (χ1v) is 6.90. The molecular weight excluding hydrogens is 266 g/mol. The summed E-state index contributed by atoms with van der Waals surface area (Å²) in [5, 5.41) is 10.6. The summed E-state index contributed by atoms with van der Waals surface area (Å²) in [4.78, 5) is 0. The molecule has 0 amide bonds. The van der Waals surface area contributed by atoms with Crippen LogP contribution in [0.2, 0.25) is 0 Å². The molecule has 21 heavy (non-hydrogen) atoms. The standard InChI is InChI=1S/C16H15N3O2/c1-10-6-11(4-5-17-10)13-8-18-19-16(13)12-2-3-14-15(7-12)21-9-20-14/h2-8,10,17H,9H2,1H3,(H,18,19). The number of H-pyrrole nitrogens is 1. The van der Waals surface area contributed by atoms with Gasteiger partial charge < -0.3 is 14.8 Å². The summed E-state index contributed by atoms with van der Waals surface area (Å²) >= 11 is 0. The van der Waals surface area contributed by atoms with Gasteiger partial charge in [-0.1, -0.05) is 6.08 Å². The van der Waals surface area contributed by atoms with Crippen molar-refractivity contribution in [2.75, 3.05) is 6.79 Å². The molecule has 106 valence electrons. The molecule has 0 fully saturated rings. The minimum absolute atomic E-state index is 0.281. The van der Waals surface area contributed by atoms with Crippen LogP contribution in [0.1, 0.15) is 12.5 Å². The maximum Gasteiger partial charge on any atom is 0.231 e. The Morgan fingerprint density at radius 3 is 3.05 bits per heavy atom. The zero-order valence-electron chi connectivity index (χ0n) is 11.6. The van der Waals surface area contributed by atoms with Crippen molar-refractivity contribution >= 4 is 5.57 Å². The molecule has 5 heteroatoms. The van der Waals surface area contributed by atoms with Gasteiger partial charge in [-0.25, -0.2) is 0 Å². The Labute approximate surface area is 122 Å². The van der Waals surface area contributed by atoms with Crippen LogP contribution in [-0.2, 0) is 0 Å². The third-order valence-corrected chi connectivity index (χ3v) is 3.65. The Bertz CT molecular complexity index is 746. The molecule has 0 saturated heterocycles. The van der Waals surface area contributed by atoms with E-state index in [1.54, 1.807) is 0 Å². The minimum atomic E-state index is 0.281. The Morgan fingerprint density at radius 1 is 1.24 bits per heavy atom. The molecule has 0 aliphatic carbocycles. The van der Waals surface area contributed by atoms with Crippen molar-refractivity contribution in [3.63, 3.8) is 0 Å². The van der Waals surface area contributed by atoms with E-state index in [0.29, 0.717) is 6.04 Å². The van der Waals surface area contributed by atoms with Gasteiger partial charge in [0.25, 0.3) is 0 Å². The van der Waals surface area contributed by atoms with Gasteiger partial charge in [0, 0.05) is 23.4 Å². The van der Waals surface area contributed by atoms with Crippen molar-refractivity contribution in [1.29, 1.82) is 0 Å². The molecular formula is C16H15N3O2. The van der Waals surface area contributed by atoms with Crippen LogP contribution in [0.4, 0.5) is 0 Å². The number of hydrogen-bond donors (Lipinski definition) is 2. The lowest BCUT2D eigenvalue weighted by Gasteiger charge is -2.14. The van der Waals surface area contributed by atoms with Crippen LogP contribution < -0.4 is 14.8 Å². The second-order valence-corrected chi connectivity index (χ2v) is 5.13. The van der Waals surface area contributed by atoms with E-state index in [4.69, 9.17) is 9.47 Å². The Morgan fingerprint density at radius 2 is 2.14 bits per heavy atom. The van der Waals surface area contributed by atoms with E-state index in [0.717, 1.165) is 33.9 Å². The van der Waals surface area contributed by atoms with Crippen molar-refractivity contribution in [1.82, 2.24) is 15.5 Å². The highest BCUT2D eigenvalue weighted by Crippen LogP contribution is 2.37. The summed E-state index contributed by atoms with van der Waals surface area (Å²) < 4.78 is 10.8. The fraction of sp³-hybridized carbons (Fsp3) is 0.188. The largest absolute Gasteiger partial charge is 0.454 e. The van der Waals surface area contributed by atoms with Crippen LogP contribution in [0.5, 0.6) is 11.5 Å². The summed E-state index contributed by atoms with van der Waals surface area (Å²) in [6, 6.07) is 6.20. The first-order chi connectivity index (χ1) is 10.3. The smallest absolute Gasteiger partial charge is 0.231 e. The van der Waals surface area contributed by atoms with Crippen molar-refractivity contribution in [3.8, 4) is 22.8 Å². The molecule has 0 saturated carbocycles. The van der Waals surface area contributed by atoms with E-state index in [1.165, 1.54) is 0 Å². The highest BCUT2D eigenvalue weighted by atomic mass is 16.7. The van der Waals surface area contributed by atoms with Gasteiger partial charge in [-0.2, -0.15) is 5.10 Å². The highest BCUT2D eigenvalue weighted by Gasteiger charge is 2.18. The average Bonchev–Trinajstić information content (AvgIpc) is 3.15. The second kappa shape index (κ2) is 4.70. The number of benzene rings is 1. The maximum atomic E-state index is 5.44. The average molecular weight is 281 g/mol. The topological polar surface area (TPSA) is 59.2 Å². The molecule has 0 bridgehead atoms. The molecule has 2 N–H and O–H groups in total. The third kappa shape index (κ3) is 2.07. The van der Waals surface area contributed by atoms with E-state index in [2.05, 4.69) is 34.6 Å². The number of nitrogens with zero attached hydrogens (tertiary/aromatic N) is 1. The molecule has 4 rings (SSSR count). The van der Waals surface area contributed by atoms with Crippen LogP contribution in [0, 0.1) is 0 Å². The first kappa shape index (κ1) is 12.1. The van der Waals surface area contributed by atoms with Crippen molar-refractivity contribution in [2.24, 2.45) is 0 Å². The van der Waals surface area contributed by atoms with Crippen LogP contribution in [0.15, 0.2) is 42.7 Å². The fourth-order valence-corrected chi connectivity index (χ4v) is 2.62. The summed E-state index contributed by atoms with van der Waals surface area (Å²) in [6.45, 7) is 2.40. The van der Waals surface area contributed by atoms with E-state index in [-0.39, 0.29) is 6.79 Å². The number of aromatic nitrogens is 2. The van der Waals surface area contributed by atoms with E-state index in [1.807, 2.05) is 30.6 Å². The van der Waals surface area contributed by atoms with Crippen molar-refractivity contribution in [2.45, 2.75) is 13.0 Å². The van der Waals surface area contributed by atoms with Gasteiger partial charge in [-0.05, 0) is 43.0 Å². The summed E-state index contributed by atoms with van der Waals surface area (Å²) in [5.41, 5.74) is 4.16. The Kier molecular flexibility index (Phi) is 2.70. The third-order valence-electron chi connectivity index (χ3n) is 3.65. The Balaban J connectivity index is 1.77. The van der Waals surface area contributed by atoms with Gasteiger partial charge >= 0.3 is 0 Å². The number of aromatic amines is 1. The molecule has 0 spiro atoms. The number of hydrogen-bond acceptors (Lipinski definition) is 4. The van der Waals surface area contributed by atoms with Crippen molar-refractivity contribution < 1.29 is 9.47 Å². The van der Waals surface area contributed by atoms with E-state index >= 15 is 0 Å². The van der Waals surface area contributed by atoms with Crippen LogP contribution in [-0.4, -0.2) is 23.0 Å². The molecule has 1 aromatic heterocycles. The van der Waals surface area contributed by atoms with Gasteiger partial charge in [0.05, 0.1) is 5.69 Å². The van der Waals surface area contributed by atoms with Gasteiger partial charge in [0.15, 0.2) is 11.5 Å². The predicted molar refractivity (Wildman–Crippen MR) is 79.9 cm³/mol. The molecule has 5 nitrogen and oxygen atoms in total. The molecule has 1 aromatic carbocycles. The number of fused-ring (bicyclic) bond motifs is 1. The molecule has 2 aliphatic rings. The van der Waals surface area contributed by atoms with Gasteiger partial charge in [0.1, 0.15) is 0 Å². The SMILES string of the molecule is CC1C=C(c2c[nH]nc2-c2ccc3c(c2)OCO3)C=CN1. The summed E-state index contributed by atoms with van der Waals surface area (Å²) in [5.74, 6) is 1.55. The number of allylic oxidation sites excluding steroid dienone is 2. The Hall–Kier alpha value is -2.69. The van der Waals surface area contributed by atoms with Gasteiger partial charge in [-0.3, -0.25) is 5.10 Å². The zero-order valence-corrected chi connectivity index (χ0v) is 11.6. The summed E-state index contributed by atoms with van der Waals surface area (Å²) in [7, 11) is 0. The lowest BCUT2D eigenvalue weighted by Crippen LogP contribution is -2.20. The van der Waals surface area contributed by atoms with Gasteiger partial charge in [-0.15, -0.1) is 0 Å². The van der Waals surface area contributed by atoms with Crippen LogP contribution >= 0.6 is 0 Å². The predicted octanol–water partition coefficient (Wildman–Crippen LogP) is 2.69. The molecule has 0 radical (unpaired) electrons. The molecule has 2 aliphatic heterocycles. The normalized spacial score (nSPS) is 19.3. The number of dihydropyridines is 1. The number of ether oxygens (including phenoxy) is 2. The number of rotatable bonds is 2. The van der Waals surface area contributed by atoms with Crippen molar-refractivity contribution in [3.05, 3.63) is 48.3 Å². The monoisotopic (exact) mass is 281 g/mol. The summed E-state index contributed by atoms with van der Waals surface area (Å²) in [6.07, 6.45) is 8.13. The fourth-order valence-electron chi connectivity index (χ4n) is 2.62. The molecule has 3 heterocycles. The number of nitrogens with one attached hydrogen (secondary N) is 2. The van der Waals surface area contributed by atoms with Crippen LogP contribution in [0.25, 0.3) is 16.8 Å². The lowest BCUT2D eigenvalue weighted by molar-refractivity contribution is 0.174. The van der Waals surface area contributed by atoms with Crippen LogP contribution in [0.3, 0.4) is 0 Å². The van der Waals surface area contributed by atoms with Gasteiger partial charge in [0.2, 0.25) is 6.79 Å². The van der Waals surface area contributed by atoms with E-state index < -0.39 is 0 Å². The minimum Gasteiger partial charge on any atom is -0.454 e. The zero-order chi connectivity index (χ0) is 14.2. The first-order valence-electron chi connectivity index (χ1n) is 6.90. The second-order valence-electron chi connectivity index (χ2n) is 5.13. The molecule has 2 aromatic rings. The quantitative estimate of drug-likeness (QED) is 0.888. The molecule has 1 atom stereocenters. The molecule has 1 unspecified atom stereocenters. The highest BCUT2D eigenvalue weighted by molar-refractivity contribution is 5.84. The van der Waals surface area contributed by atoms with E-state index in [9.17, 15) is 0 Å².